The van der Waals surface area contributed by atoms with Gasteiger partial charge in [0.15, 0.2) is 0 Å². The molecule has 0 saturated heterocycles. The van der Waals surface area contributed by atoms with E-state index in [1.165, 1.54) is 6.07 Å². The van der Waals surface area contributed by atoms with Crippen LogP contribution in [0.1, 0.15) is 0 Å². The Morgan fingerprint density at radius 1 is 1.17 bits per heavy atom. The van der Waals surface area contributed by atoms with Crippen LogP contribution in [0.2, 0.25) is 0 Å². The predicted molar refractivity (Wildman–Crippen MR) is 88.0 cm³/mol. The Bertz CT molecular complexity index is 842. The fourth-order valence-corrected chi connectivity index (χ4v) is 3.69. The maximum absolute atomic E-state index is 12.6. The number of rotatable bonds is 5. The number of fused-ring (bicyclic) bond motifs is 1. The molecule has 24 heavy (non-hydrogen) atoms. The molecule has 128 valence electrons. The van der Waals surface area contributed by atoms with Gasteiger partial charge < -0.3 is 14.4 Å². The van der Waals surface area contributed by atoms with E-state index in [0.29, 0.717) is 22.9 Å². The van der Waals surface area contributed by atoms with Crippen molar-refractivity contribution in [2.45, 2.75) is 4.90 Å². The van der Waals surface area contributed by atoms with Crippen LogP contribution in [-0.2, 0) is 10.0 Å². The third-order valence-electron chi connectivity index (χ3n) is 3.64. The van der Waals surface area contributed by atoms with Crippen LogP contribution in [0, 0.1) is 0 Å². The van der Waals surface area contributed by atoms with Crippen LogP contribution in [0.3, 0.4) is 0 Å². The average molecular weight is 352 g/mol. The number of nitrogens with zero attached hydrogens (tertiary/aromatic N) is 1. The van der Waals surface area contributed by atoms with E-state index in [4.69, 9.17) is 9.47 Å². The van der Waals surface area contributed by atoms with Gasteiger partial charge in [0.2, 0.25) is 10.0 Å². The summed E-state index contributed by atoms with van der Waals surface area (Å²) in [5.41, 5.74) is 0.462. The van der Waals surface area contributed by atoms with Crippen LogP contribution in [0.15, 0.2) is 47.4 Å². The molecule has 1 aliphatic heterocycles. The molecule has 0 unspecified atom stereocenters. The topological polar surface area (TPSA) is 67.9 Å². The van der Waals surface area contributed by atoms with E-state index < -0.39 is 16.7 Å². The summed E-state index contributed by atoms with van der Waals surface area (Å²) >= 11 is 0. The standard InChI is InChI=1S/C16H17FN2O4S/c1-22-12-3-2-4-13(9-12)23-14-5-6-15-16(10-14)24(20,21)18-11-19(15)8-7-17/h2-6,9-10,18H,7-8,11H2,1H3. The number of nitrogens with one attached hydrogen (secondary N) is 1. The van der Waals surface area contributed by atoms with Gasteiger partial charge in [0, 0.05) is 18.7 Å². The van der Waals surface area contributed by atoms with E-state index in [9.17, 15) is 12.8 Å². The first-order valence-electron chi connectivity index (χ1n) is 7.30. The number of halogens is 1. The highest BCUT2D eigenvalue weighted by molar-refractivity contribution is 7.89. The van der Waals surface area contributed by atoms with E-state index in [-0.39, 0.29) is 18.1 Å². The van der Waals surface area contributed by atoms with Crippen LogP contribution in [0.4, 0.5) is 10.1 Å². The normalized spacial score (nSPS) is 15.7. The highest BCUT2D eigenvalue weighted by atomic mass is 32.2. The molecule has 6 nitrogen and oxygen atoms in total. The van der Waals surface area contributed by atoms with Crippen molar-refractivity contribution < 1.29 is 22.3 Å². The Kier molecular flexibility index (Phi) is 4.59. The lowest BCUT2D eigenvalue weighted by molar-refractivity contribution is 0.409. The summed E-state index contributed by atoms with van der Waals surface area (Å²) < 4.78 is 50.3. The summed E-state index contributed by atoms with van der Waals surface area (Å²) in [6.07, 6.45) is 0. The molecule has 0 aromatic heterocycles. The highest BCUT2D eigenvalue weighted by Gasteiger charge is 2.28. The van der Waals surface area contributed by atoms with Crippen molar-refractivity contribution in [3.63, 3.8) is 0 Å². The van der Waals surface area contributed by atoms with Crippen LogP contribution in [0.5, 0.6) is 17.2 Å². The number of hydrogen-bond donors (Lipinski definition) is 1. The molecule has 0 aliphatic carbocycles. The fourth-order valence-electron chi connectivity index (χ4n) is 2.46. The molecule has 0 atom stereocenters. The van der Waals surface area contributed by atoms with Crippen molar-refractivity contribution in [1.29, 1.82) is 0 Å². The van der Waals surface area contributed by atoms with Crippen LogP contribution in [-0.4, -0.2) is 35.4 Å². The Morgan fingerprint density at radius 2 is 1.92 bits per heavy atom. The maximum atomic E-state index is 12.6. The van der Waals surface area contributed by atoms with Crippen molar-refractivity contribution in [1.82, 2.24) is 4.72 Å². The van der Waals surface area contributed by atoms with E-state index in [1.807, 2.05) is 0 Å². The molecule has 1 heterocycles. The number of methoxy groups -OCH3 is 1. The van der Waals surface area contributed by atoms with Gasteiger partial charge in [0.25, 0.3) is 0 Å². The smallest absolute Gasteiger partial charge is 0.244 e. The van der Waals surface area contributed by atoms with Crippen molar-refractivity contribution in [2.24, 2.45) is 0 Å². The quantitative estimate of drug-likeness (QED) is 0.896. The average Bonchev–Trinajstić information content (AvgIpc) is 2.58. The van der Waals surface area contributed by atoms with Crippen molar-refractivity contribution in [2.75, 3.05) is 31.9 Å². The molecule has 3 rings (SSSR count). The van der Waals surface area contributed by atoms with Gasteiger partial charge in [-0.05, 0) is 24.3 Å². The number of sulfonamides is 1. The minimum absolute atomic E-state index is 0.0509. The van der Waals surface area contributed by atoms with Gasteiger partial charge in [-0.25, -0.2) is 12.8 Å². The molecule has 1 aliphatic rings. The first kappa shape index (κ1) is 16.5. The van der Waals surface area contributed by atoms with Crippen LogP contribution in [0.25, 0.3) is 0 Å². The second-order valence-electron chi connectivity index (χ2n) is 5.17. The van der Waals surface area contributed by atoms with E-state index in [1.54, 1.807) is 48.4 Å². The van der Waals surface area contributed by atoms with Gasteiger partial charge >= 0.3 is 0 Å². The minimum Gasteiger partial charge on any atom is -0.497 e. The van der Waals surface area contributed by atoms with Crippen molar-refractivity contribution in [3.05, 3.63) is 42.5 Å². The molecule has 0 saturated carbocycles. The first-order chi connectivity index (χ1) is 11.5. The second-order valence-corrected chi connectivity index (χ2v) is 6.90. The SMILES string of the molecule is COc1cccc(Oc2ccc3c(c2)S(=O)(=O)NCN3CCF)c1. The molecule has 2 aromatic carbocycles. The zero-order chi connectivity index (χ0) is 17.2. The number of alkyl halides is 1. The molecular formula is C16H17FN2O4S. The zero-order valence-electron chi connectivity index (χ0n) is 13.0. The minimum atomic E-state index is -3.64. The molecule has 8 heteroatoms. The summed E-state index contributed by atoms with van der Waals surface area (Å²) in [4.78, 5) is 1.70. The largest absolute Gasteiger partial charge is 0.497 e. The lowest BCUT2D eigenvalue weighted by Gasteiger charge is -2.30. The van der Waals surface area contributed by atoms with Gasteiger partial charge in [-0.2, -0.15) is 4.72 Å². The molecule has 1 N–H and O–H groups in total. The van der Waals surface area contributed by atoms with Gasteiger partial charge in [0.05, 0.1) is 19.5 Å². The lowest BCUT2D eigenvalue weighted by Crippen LogP contribution is -2.44. The monoisotopic (exact) mass is 352 g/mol. The molecule has 0 bridgehead atoms. The molecular weight excluding hydrogens is 335 g/mol. The van der Waals surface area contributed by atoms with Gasteiger partial charge in [0.1, 0.15) is 28.8 Å². The van der Waals surface area contributed by atoms with Gasteiger partial charge in [-0.15, -0.1) is 0 Å². The first-order valence-corrected chi connectivity index (χ1v) is 8.78. The third kappa shape index (κ3) is 3.29. The summed E-state index contributed by atoms with van der Waals surface area (Å²) in [6.45, 7) is -0.399. The lowest BCUT2D eigenvalue weighted by atomic mass is 10.2. The number of anilines is 1. The van der Waals surface area contributed by atoms with E-state index in [2.05, 4.69) is 4.72 Å². The number of benzene rings is 2. The van der Waals surface area contributed by atoms with Gasteiger partial charge in [-0.1, -0.05) is 6.07 Å². The zero-order valence-corrected chi connectivity index (χ0v) is 13.8. The second kappa shape index (κ2) is 6.66. The Balaban J connectivity index is 1.94. The van der Waals surface area contributed by atoms with Crippen LogP contribution < -0.4 is 19.1 Å². The number of hydrogen-bond acceptors (Lipinski definition) is 5. The molecule has 0 radical (unpaired) electrons. The summed E-state index contributed by atoms with van der Waals surface area (Å²) in [5, 5.41) is 0. The van der Waals surface area contributed by atoms with E-state index >= 15 is 0 Å². The Hall–Kier alpha value is -2.32. The summed E-state index contributed by atoms with van der Waals surface area (Å²) in [6, 6.07) is 11.7. The molecule has 0 fully saturated rings. The fraction of sp³-hybridized carbons (Fsp3) is 0.250. The predicted octanol–water partition coefficient (Wildman–Crippen LogP) is 2.51. The van der Waals surface area contributed by atoms with E-state index in [0.717, 1.165) is 0 Å². The van der Waals surface area contributed by atoms with Crippen molar-refractivity contribution >= 4 is 15.7 Å². The van der Waals surface area contributed by atoms with Gasteiger partial charge in [-0.3, -0.25) is 0 Å². The Morgan fingerprint density at radius 3 is 2.67 bits per heavy atom. The Labute approximate surface area is 139 Å². The number of ether oxygens (including phenoxy) is 2. The molecule has 0 amide bonds. The molecule has 0 spiro atoms. The summed E-state index contributed by atoms with van der Waals surface area (Å²) in [5.74, 6) is 1.53. The highest BCUT2D eigenvalue weighted by Crippen LogP contribution is 2.34. The maximum Gasteiger partial charge on any atom is 0.244 e. The molecule has 2 aromatic rings. The van der Waals surface area contributed by atoms with Crippen LogP contribution >= 0.6 is 0 Å². The summed E-state index contributed by atoms with van der Waals surface area (Å²) in [7, 11) is -2.09. The van der Waals surface area contributed by atoms with Crippen molar-refractivity contribution in [3.8, 4) is 17.2 Å². The third-order valence-corrected chi connectivity index (χ3v) is 5.05.